The molecule has 1 aliphatic heterocycles. The fourth-order valence-electron chi connectivity index (χ4n) is 4.62. The van der Waals surface area contributed by atoms with Gasteiger partial charge in [0.05, 0.1) is 17.7 Å². The van der Waals surface area contributed by atoms with E-state index in [1.54, 1.807) is 23.2 Å². The van der Waals surface area contributed by atoms with E-state index in [-0.39, 0.29) is 49.6 Å². The molecule has 1 aliphatic rings. The first-order valence-electron chi connectivity index (χ1n) is 13.6. The highest BCUT2D eigenvalue weighted by molar-refractivity contribution is 6.31. The summed E-state index contributed by atoms with van der Waals surface area (Å²) in [5.74, 6) is -0.421. The maximum absolute atomic E-state index is 13.8. The van der Waals surface area contributed by atoms with Crippen LogP contribution in [0.5, 0.6) is 0 Å². The topological polar surface area (TPSA) is 136 Å². The van der Waals surface area contributed by atoms with Crippen LogP contribution in [0.2, 0.25) is 5.02 Å². The Morgan fingerprint density at radius 1 is 1.24 bits per heavy atom. The van der Waals surface area contributed by atoms with Gasteiger partial charge in [0, 0.05) is 57.3 Å². The third-order valence-corrected chi connectivity index (χ3v) is 7.54. The number of piperazine rings is 1. The number of anilines is 1. The van der Waals surface area contributed by atoms with Crippen LogP contribution < -0.4 is 16.0 Å². The summed E-state index contributed by atoms with van der Waals surface area (Å²) in [4.78, 5) is 45.8. The zero-order valence-corrected chi connectivity index (χ0v) is 23.9. The first-order valence-corrected chi connectivity index (χ1v) is 14.0. The number of halogens is 2. The molecule has 13 heteroatoms. The van der Waals surface area contributed by atoms with Gasteiger partial charge in [0.15, 0.2) is 0 Å². The van der Waals surface area contributed by atoms with Crippen LogP contribution >= 0.6 is 11.6 Å². The second kappa shape index (κ2) is 14.8. The van der Waals surface area contributed by atoms with Gasteiger partial charge in [-0.1, -0.05) is 48.0 Å². The molecule has 224 valence electrons. The molecule has 0 unspecified atom stereocenters. The molecule has 11 nitrogen and oxygen atoms in total. The Hall–Kier alpha value is -4.00. The highest BCUT2D eigenvalue weighted by atomic mass is 35.5. The van der Waals surface area contributed by atoms with Crippen molar-refractivity contribution in [2.45, 2.75) is 31.5 Å². The van der Waals surface area contributed by atoms with E-state index in [0.29, 0.717) is 31.0 Å². The van der Waals surface area contributed by atoms with Crippen molar-refractivity contribution in [1.82, 2.24) is 25.4 Å². The van der Waals surface area contributed by atoms with E-state index in [0.717, 1.165) is 10.8 Å². The quantitative estimate of drug-likeness (QED) is 0.280. The fraction of sp³-hybridized carbons (Fsp3) is 0.379. The molecule has 2 atom stereocenters. The average molecular weight is 601 g/mol. The molecule has 4 rings (SSSR count). The van der Waals surface area contributed by atoms with Crippen molar-refractivity contribution in [2.24, 2.45) is 0 Å². The Morgan fingerprint density at radius 2 is 2.02 bits per heavy atom. The molecular formula is C29H34ClFN6O5. The molecule has 0 bridgehead atoms. The van der Waals surface area contributed by atoms with Crippen molar-refractivity contribution < 1.29 is 28.6 Å². The lowest BCUT2D eigenvalue weighted by molar-refractivity contribution is -0.133. The van der Waals surface area contributed by atoms with Crippen LogP contribution in [0.15, 0.2) is 54.7 Å². The summed E-state index contributed by atoms with van der Waals surface area (Å²) in [6.07, 6.45) is 1.17. The number of pyridine rings is 1. The molecule has 1 saturated heterocycles. The van der Waals surface area contributed by atoms with Crippen LogP contribution in [0.3, 0.4) is 0 Å². The lowest BCUT2D eigenvalue weighted by Crippen LogP contribution is -2.54. The van der Waals surface area contributed by atoms with Gasteiger partial charge in [-0.15, -0.1) is 0 Å². The smallest absolute Gasteiger partial charge is 0.412 e. The summed E-state index contributed by atoms with van der Waals surface area (Å²) in [7, 11) is 1.52. The third-order valence-electron chi connectivity index (χ3n) is 7.12. The largest absolute Gasteiger partial charge is 0.447 e. The molecule has 2 aromatic carbocycles. The number of benzene rings is 2. The van der Waals surface area contributed by atoms with Crippen LogP contribution in [0.4, 0.5) is 19.8 Å². The van der Waals surface area contributed by atoms with Crippen molar-refractivity contribution in [3.05, 3.63) is 71.1 Å². The number of hydrogen-bond acceptors (Lipinski definition) is 7. The van der Waals surface area contributed by atoms with Gasteiger partial charge in [0.2, 0.25) is 5.91 Å². The molecule has 3 aromatic rings. The fourth-order valence-corrected chi connectivity index (χ4v) is 4.81. The van der Waals surface area contributed by atoms with Gasteiger partial charge in [0.1, 0.15) is 18.2 Å². The number of nitrogens with zero attached hydrogens (tertiary/aromatic N) is 3. The predicted octanol–water partition coefficient (Wildman–Crippen LogP) is 3.36. The van der Waals surface area contributed by atoms with Crippen LogP contribution in [0, 0.1) is 5.82 Å². The number of likely N-dealkylation sites (N-methyl/N-ethyl adjacent to an activating group) is 1. The van der Waals surface area contributed by atoms with Gasteiger partial charge >= 0.3 is 12.1 Å². The first-order chi connectivity index (χ1) is 20.2. The summed E-state index contributed by atoms with van der Waals surface area (Å²) in [5.41, 5.74) is 0.404. The van der Waals surface area contributed by atoms with Gasteiger partial charge in [-0.2, -0.15) is 0 Å². The molecule has 0 spiro atoms. The maximum atomic E-state index is 13.8. The lowest BCUT2D eigenvalue weighted by Gasteiger charge is -2.34. The molecule has 4 amide bonds. The number of aliphatic hydroxyl groups is 1. The highest BCUT2D eigenvalue weighted by Crippen LogP contribution is 2.20. The third kappa shape index (κ3) is 8.28. The van der Waals surface area contributed by atoms with Crippen molar-refractivity contribution in [1.29, 1.82) is 0 Å². The van der Waals surface area contributed by atoms with Crippen molar-refractivity contribution in [2.75, 3.05) is 45.2 Å². The van der Waals surface area contributed by atoms with Gasteiger partial charge in [0.25, 0.3) is 0 Å². The van der Waals surface area contributed by atoms with E-state index in [2.05, 4.69) is 20.9 Å². The van der Waals surface area contributed by atoms with Crippen LogP contribution in [-0.4, -0.2) is 89.9 Å². The molecule has 1 aromatic heterocycles. The average Bonchev–Trinajstić information content (AvgIpc) is 3.01. The Kier molecular flexibility index (Phi) is 10.9. The van der Waals surface area contributed by atoms with E-state index >= 15 is 0 Å². The van der Waals surface area contributed by atoms with E-state index in [1.165, 1.54) is 24.1 Å². The van der Waals surface area contributed by atoms with Gasteiger partial charge in [-0.05, 0) is 29.5 Å². The predicted molar refractivity (Wildman–Crippen MR) is 157 cm³/mol. The zero-order chi connectivity index (χ0) is 30.1. The van der Waals surface area contributed by atoms with Gasteiger partial charge in [-0.3, -0.25) is 10.1 Å². The second-order valence-electron chi connectivity index (χ2n) is 9.99. The van der Waals surface area contributed by atoms with E-state index in [9.17, 15) is 23.9 Å². The molecule has 0 aliphatic carbocycles. The normalized spacial score (nSPS) is 15.6. The summed E-state index contributed by atoms with van der Waals surface area (Å²) in [5, 5.41) is 19.6. The number of aliphatic hydroxyl groups excluding tert-OH is 1. The highest BCUT2D eigenvalue weighted by Gasteiger charge is 2.27. The number of hydrogen-bond donors (Lipinski definition) is 4. The van der Waals surface area contributed by atoms with E-state index in [4.69, 9.17) is 16.3 Å². The van der Waals surface area contributed by atoms with Crippen LogP contribution in [-0.2, 0) is 16.1 Å². The van der Waals surface area contributed by atoms with Crippen molar-refractivity contribution >= 4 is 46.2 Å². The van der Waals surface area contributed by atoms with E-state index in [1.807, 2.05) is 24.3 Å². The Bertz CT molecular complexity index is 1410. The number of fused-ring (bicyclic) bond motifs is 1. The molecule has 4 N–H and O–H groups in total. The van der Waals surface area contributed by atoms with Crippen LogP contribution in [0.25, 0.3) is 10.8 Å². The zero-order valence-electron chi connectivity index (χ0n) is 23.2. The minimum absolute atomic E-state index is 0.0241. The Labute approximate surface area is 248 Å². The standard InChI is InChI=1S/C29H34ClFN6O5/c1-36(28(40)34-15-21-7-4-8-24(31)27(21)30)23(9-10-26(39)37-12-11-32-22(16-37)17-38)18-42-29(41)35-25-13-19-5-2-3-6-20(19)14-33-25/h2-8,13-14,22-23,32,38H,9-12,15-18H2,1H3,(H,34,40)(H,33,35,41)/t22-,23-/m0/s1. The minimum Gasteiger partial charge on any atom is -0.447 e. The Morgan fingerprint density at radius 3 is 2.81 bits per heavy atom. The summed E-state index contributed by atoms with van der Waals surface area (Å²) >= 11 is 6.01. The monoisotopic (exact) mass is 600 g/mol. The molecule has 0 radical (unpaired) electrons. The number of ether oxygens (including phenoxy) is 1. The van der Waals surface area contributed by atoms with E-state index < -0.39 is 24.0 Å². The summed E-state index contributed by atoms with van der Waals surface area (Å²) < 4.78 is 19.3. The number of carbonyl (C=O) groups is 3. The molecular weight excluding hydrogens is 567 g/mol. The first kappa shape index (κ1) is 30.9. The number of amides is 4. The maximum Gasteiger partial charge on any atom is 0.412 e. The van der Waals surface area contributed by atoms with Gasteiger partial charge in [-0.25, -0.2) is 19.0 Å². The van der Waals surface area contributed by atoms with Crippen molar-refractivity contribution in [3.8, 4) is 0 Å². The van der Waals surface area contributed by atoms with Crippen molar-refractivity contribution in [3.63, 3.8) is 0 Å². The Balaban J connectivity index is 1.38. The number of carbonyl (C=O) groups excluding carboxylic acids is 3. The number of rotatable bonds is 10. The SMILES string of the molecule is CN(C(=O)NCc1cccc(F)c1Cl)[C@@H](CCC(=O)N1CCN[C@H](CO)C1)COC(=O)Nc1cc2ccccc2cn1. The molecule has 42 heavy (non-hydrogen) atoms. The lowest BCUT2D eigenvalue weighted by atomic mass is 10.1. The van der Waals surface area contributed by atoms with Crippen LogP contribution in [0.1, 0.15) is 18.4 Å². The number of aromatic nitrogens is 1. The number of nitrogens with one attached hydrogen (secondary N) is 3. The minimum atomic E-state index is -0.762. The summed E-state index contributed by atoms with van der Waals surface area (Å²) in [6, 6.07) is 12.2. The summed E-state index contributed by atoms with van der Waals surface area (Å²) in [6.45, 7) is 1.14. The molecule has 0 saturated carbocycles. The number of urea groups is 1. The van der Waals surface area contributed by atoms with Gasteiger partial charge < -0.3 is 30.3 Å². The molecule has 1 fully saturated rings. The second-order valence-corrected chi connectivity index (χ2v) is 10.4. The molecule has 2 heterocycles.